The van der Waals surface area contributed by atoms with Crippen molar-refractivity contribution in [3.8, 4) is 11.4 Å². The van der Waals surface area contributed by atoms with E-state index in [2.05, 4.69) is 14.9 Å². The van der Waals surface area contributed by atoms with Gasteiger partial charge in [0.2, 0.25) is 0 Å². The van der Waals surface area contributed by atoms with Crippen LogP contribution in [0, 0.1) is 5.82 Å². The maximum absolute atomic E-state index is 13.5. The second-order valence-corrected chi connectivity index (χ2v) is 8.40. The lowest BCUT2D eigenvalue weighted by molar-refractivity contribution is -0.137. The normalized spacial score (nSPS) is 16.9. The molecule has 0 amide bonds. The molecule has 2 aromatic heterocycles. The van der Waals surface area contributed by atoms with Gasteiger partial charge in [-0.25, -0.2) is 9.37 Å². The van der Waals surface area contributed by atoms with E-state index in [-0.39, 0.29) is 29.2 Å². The molecule has 0 unspecified atom stereocenters. The lowest BCUT2D eigenvalue weighted by atomic mass is 9.73. The number of benzene rings is 1. The minimum atomic E-state index is -4.48. The molecule has 0 spiro atoms. The van der Waals surface area contributed by atoms with Crippen LogP contribution in [-0.4, -0.2) is 41.6 Å². The van der Waals surface area contributed by atoms with E-state index in [1.165, 1.54) is 12.1 Å². The van der Waals surface area contributed by atoms with Gasteiger partial charge in [-0.3, -0.25) is 0 Å². The summed E-state index contributed by atoms with van der Waals surface area (Å²) in [6.45, 7) is 2.00. The molecule has 4 rings (SSSR count). The Balaban J connectivity index is 1.55. The molecule has 1 aliphatic rings. The number of piperidine rings is 1. The fourth-order valence-corrected chi connectivity index (χ4v) is 4.17. The Morgan fingerprint density at radius 1 is 1.09 bits per heavy atom. The lowest BCUT2D eigenvalue weighted by Gasteiger charge is -2.41. The van der Waals surface area contributed by atoms with E-state index < -0.39 is 11.7 Å². The number of hydrogen-bond donors (Lipinski definition) is 1. The fourth-order valence-electron chi connectivity index (χ4n) is 4.17. The standard InChI is InChI=1S/C24H25F4N3O/c1-31-11-8-23(9-12-31,17-4-6-19(25)7-5-17)16-32-15-20-13-18(24(26,27)28)14-22(30-20)21-3-2-10-29-21/h2-7,10,13-14,29H,8-9,11-12,15-16H2,1H3. The van der Waals surface area contributed by atoms with Crippen molar-refractivity contribution in [2.75, 3.05) is 26.7 Å². The van der Waals surface area contributed by atoms with Crippen molar-refractivity contribution >= 4 is 0 Å². The SMILES string of the molecule is CN1CCC(COCc2cc(C(F)(F)F)cc(-c3ccc[nH]3)n2)(c2ccc(F)cc2)CC1. The molecule has 0 saturated carbocycles. The van der Waals surface area contributed by atoms with Gasteiger partial charge in [0.05, 0.1) is 35.9 Å². The minimum absolute atomic E-state index is 0.0452. The van der Waals surface area contributed by atoms with Crippen molar-refractivity contribution in [1.29, 1.82) is 0 Å². The molecule has 8 heteroatoms. The molecule has 1 aromatic carbocycles. The van der Waals surface area contributed by atoms with Crippen LogP contribution >= 0.6 is 0 Å². The zero-order chi connectivity index (χ0) is 22.8. The molecule has 3 aromatic rings. The molecule has 0 atom stereocenters. The van der Waals surface area contributed by atoms with Gasteiger partial charge in [-0.1, -0.05) is 12.1 Å². The number of aromatic nitrogens is 2. The average molecular weight is 447 g/mol. The molecule has 1 saturated heterocycles. The van der Waals surface area contributed by atoms with Gasteiger partial charge in [-0.05, 0) is 74.9 Å². The highest BCUT2D eigenvalue weighted by molar-refractivity contribution is 5.56. The maximum atomic E-state index is 13.5. The van der Waals surface area contributed by atoms with Gasteiger partial charge < -0.3 is 14.6 Å². The number of likely N-dealkylation sites (tertiary alicyclic amines) is 1. The van der Waals surface area contributed by atoms with Crippen LogP contribution in [-0.2, 0) is 22.9 Å². The first-order valence-electron chi connectivity index (χ1n) is 10.5. The number of nitrogens with one attached hydrogen (secondary N) is 1. The van der Waals surface area contributed by atoms with Crippen LogP contribution in [0.2, 0.25) is 0 Å². The topological polar surface area (TPSA) is 41.1 Å². The van der Waals surface area contributed by atoms with E-state index in [1.54, 1.807) is 30.5 Å². The number of halogens is 4. The van der Waals surface area contributed by atoms with Gasteiger partial charge in [0, 0.05) is 11.6 Å². The van der Waals surface area contributed by atoms with Gasteiger partial charge in [0.1, 0.15) is 5.82 Å². The van der Waals surface area contributed by atoms with Crippen LogP contribution in [0.4, 0.5) is 17.6 Å². The van der Waals surface area contributed by atoms with Gasteiger partial charge in [0.15, 0.2) is 0 Å². The Labute approximate surface area is 184 Å². The smallest absolute Gasteiger partial charge is 0.374 e. The summed E-state index contributed by atoms with van der Waals surface area (Å²) >= 11 is 0. The zero-order valence-electron chi connectivity index (χ0n) is 17.8. The summed E-state index contributed by atoms with van der Waals surface area (Å²) in [7, 11) is 2.05. The number of ether oxygens (including phenoxy) is 1. The first-order valence-corrected chi connectivity index (χ1v) is 10.5. The Morgan fingerprint density at radius 3 is 2.44 bits per heavy atom. The summed E-state index contributed by atoms with van der Waals surface area (Å²) in [6.07, 6.45) is -1.21. The Bertz CT molecular complexity index is 1020. The molecule has 0 radical (unpaired) electrons. The molecule has 0 aliphatic carbocycles. The summed E-state index contributed by atoms with van der Waals surface area (Å²) in [4.78, 5) is 9.50. The number of aromatic amines is 1. The van der Waals surface area contributed by atoms with E-state index in [4.69, 9.17) is 4.74 Å². The Hall–Kier alpha value is -2.71. The average Bonchev–Trinajstić information content (AvgIpc) is 3.30. The number of rotatable bonds is 6. The monoisotopic (exact) mass is 447 g/mol. The molecule has 3 heterocycles. The first kappa shape index (κ1) is 22.5. The van der Waals surface area contributed by atoms with Crippen molar-refractivity contribution in [2.24, 2.45) is 0 Å². The molecule has 170 valence electrons. The number of H-pyrrole nitrogens is 1. The van der Waals surface area contributed by atoms with Crippen LogP contribution < -0.4 is 0 Å². The highest BCUT2D eigenvalue weighted by Gasteiger charge is 2.36. The van der Waals surface area contributed by atoms with Crippen molar-refractivity contribution in [3.63, 3.8) is 0 Å². The molecule has 0 bridgehead atoms. The summed E-state index contributed by atoms with van der Waals surface area (Å²) in [6, 6.07) is 11.9. The van der Waals surface area contributed by atoms with Crippen molar-refractivity contribution < 1.29 is 22.3 Å². The lowest BCUT2D eigenvalue weighted by Crippen LogP contribution is -2.43. The third-order valence-corrected chi connectivity index (χ3v) is 6.11. The van der Waals surface area contributed by atoms with Crippen LogP contribution in [0.15, 0.2) is 54.7 Å². The molecule has 4 nitrogen and oxygen atoms in total. The second-order valence-electron chi connectivity index (χ2n) is 8.40. The molecule has 32 heavy (non-hydrogen) atoms. The summed E-state index contributed by atoms with van der Waals surface area (Å²) < 4.78 is 59.8. The quantitative estimate of drug-likeness (QED) is 0.514. The number of nitrogens with zero attached hydrogens (tertiary/aromatic N) is 2. The fraction of sp³-hybridized carbons (Fsp3) is 0.375. The van der Waals surface area contributed by atoms with Gasteiger partial charge in [0.25, 0.3) is 0 Å². The van der Waals surface area contributed by atoms with E-state index in [0.29, 0.717) is 12.3 Å². The van der Waals surface area contributed by atoms with E-state index in [9.17, 15) is 17.6 Å². The summed E-state index contributed by atoms with van der Waals surface area (Å²) in [5, 5.41) is 0. The van der Waals surface area contributed by atoms with Gasteiger partial charge in [-0.15, -0.1) is 0 Å². The third kappa shape index (κ3) is 5.02. The zero-order valence-corrected chi connectivity index (χ0v) is 17.8. The predicted octanol–water partition coefficient (Wildman–Crippen LogP) is 5.41. The van der Waals surface area contributed by atoms with Crippen molar-refractivity contribution in [2.45, 2.75) is 31.0 Å². The Morgan fingerprint density at radius 2 is 1.81 bits per heavy atom. The molecule has 1 N–H and O–H groups in total. The molecule has 1 aliphatic heterocycles. The van der Waals surface area contributed by atoms with Crippen LogP contribution in [0.1, 0.15) is 29.7 Å². The maximum Gasteiger partial charge on any atom is 0.416 e. The first-order chi connectivity index (χ1) is 15.2. The van der Waals surface area contributed by atoms with Crippen molar-refractivity contribution in [3.05, 3.63) is 77.4 Å². The number of pyridine rings is 1. The third-order valence-electron chi connectivity index (χ3n) is 6.11. The van der Waals surface area contributed by atoms with Crippen LogP contribution in [0.25, 0.3) is 11.4 Å². The largest absolute Gasteiger partial charge is 0.416 e. The number of alkyl halides is 3. The van der Waals surface area contributed by atoms with Crippen molar-refractivity contribution in [1.82, 2.24) is 14.9 Å². The van der Waals surface area contributed by atoms with Gasteiger partial charge in [-0.2, -0.15) is 13.2 Å². The highest BCUT2D eigenvalue weighted by atomic mass is 19.4. The summed E-state index contributed by atoms with van der Waals surface area (Å²) in [5.74, 6) is -0.303. The molecular formula is C24H25F4N3O. The second kappa shape index (κ2) is 9.03. The highest BCUT2D eigenvalue weighted by Crippen LogP contribution is 2.36. The van der Waals surface area contributed by atoms with E-state index in [1.807, 2.05) is 7.05 Å². The van der Waals surface area contributed by atoms with Crippen LogP contribution in [0.5, 0.6) is 0 Å². The van der Waals surface area contributed by atoms with Crippen LogP contribution in [0.3, 0.4) is 0 Å². The van der Waals surface area contributed by atoms with E-state index >= 15 is 0 Å². The van der Waals surface area contributed by atoms with Gasteiger partial charge >= 0.3 is 6.18 Å². The van der Waals surface area contributed by atoms with E-state index in [0.717, 1.165) is 43.6 Å². The minimum Gasteiger partial charge on any atom is -0.374 e. The predicted molar refractivity (Wildman–Crippen MR) is 113 cm³/mol. The Kier molecular flexibility index (Phi) is 6.35. The molecular weight excluding hydrogens is 422 g/mol. The molecule has 1 fully saturated rings. The number of hydrogen-bond acceptors (Lipinski definition) is 3. The summed E-state index contributed by atoms with van der Waals surface area (Å²) in [5.41, 5.74) is 0.849.